The Morgan fingerprint density at radius 2 is 1.68 bits per heavy atom. The lowest BCUT2D eigenvalue weighted by Gasteiger charge is -2.12. The Hall–Kier alpha value is -3.09. The van der Waals surface area contributed by atoms with Crippen molar-refractivity contribution in [2.45, 2.75) is 13.3 Å². The Kier molecular flexibility index (Phi) is 4.31. The summed E-state index contributed by atoms with van der Waals surface area (Å²) in [6, 6.07) is 8.09. The van der Waals surface area contributed by atoms with E-state index >= 15 is 0 Å². The maximum Gasteiger partial charge on any atom is 0.328 e. The van der Waals surface area contributed by atoms with Gasteiger partial charge in [-0.05, 0) is 12.5 Å². The maximum absolute atomic E-state index is 12.1. The number of aromatic nitrogens is 2. The molecule has 3 rings (SSSR count). The number of imidazole rings is 1. The van der Waals surface area contributed by atoms with Crippen LogP contribution in [0.5, 0.6) is 23.0 Å². The zero-order valence-electron chi connectivity index (χ0n) is 14.4. The van der Waals surface area contributed by atoms with Gasteiger partial charge in [0.15, 0.2) is 5.75 Å². The van der Waals surface area contributed by atoms with Gasteiger partial charge in [0.1, 0.15) is 17.2 Å². The number of fused-ring (bicyclic) bond motifs is 1. The summed E-state index contributed by atoms with van der Waals surface area (Å²) < 4.78 is 14.4. The summed E-state index contributed by atoms with van der Waals surface area (Å²) in [5.41, 5.74) is 7.76. The smallest absolute Gasteiger partial charge is 0.328 e. The predicted molar refractivity (Wildman–Crippen MR) is 96.5 cm³/mol. The van der Waals surface area contributed by atoms with Crippen molar-refractivity contribution in [1.82, 2.24) is 9.13 Å². The van der Waals surface area contributed by atoms with E-state index in [0.29, 0.717) is 35.1 Å². The van der Waals surface area contributed by atoms with Crippen molar-refractivity contribution in [3.63, 3.8) is 0 Å². The van der Waals surface area contributed by atoms with Crippen molar-refractivity contribution in [3.8, 4) is 23.0 Å². The summed E-state index contributed by atoms with van der Waals surface area (Å²) in [5, 5.41) is 9.86. The zero-order chi connectivity index (χ0) is 18.1. The first kappa shape index (κ1) is 16.8. The molecular weight excluding hydrogens is 322 g/mol. The molecule has 0 aliphatic heterocycles. The van der Waals surface area contributed by atoms with Crippen LogP contribution in [-0.2, 0) is 14.1 Å². The number of aromatic hydroxyl groups is 1. The third kappa shape index (κ3) is 3.13. The van der Waals surface area contributed by atoms with Crippen LogP contribution in [0.15, 0.2) is 35.1 Å². The molecule has 25 heavy (non-hydrogen) atoms. The minimum atomic E-state index is -0.140. The number of aryl methyl sites for hydroxylation is 2. The van der Waals surface area contributed by atoms with Crippen LogP contribution in [0.3, 0.4) is 0 Å². The molecule has 0 amide bonds. The quantitative estimate of drug-likeness (QED) is 0.695. The van der Waals surface area contributed by atoms with Gasteiger partial charge in [-0.1, -0.05) is 6.92 Å². The number of benzene rings is 2. The van der Waals surface area contributed by atoms with Crippen LogP contribution >= 0.6 is 0 Å². The second-order valence-corrected chi connectivity index (χ2v) is 5.89. The SMILES string of the molecule is CCCOc1cc(O)cc(Oc2cc3c(cc2N)n(C)c(=O)n3C)c1. The standard InChI is InChI=1S/C18H21N3O4/c1-4-5-24-12-6-11(22)7-13(8-12)25-17-10-16-15(9-14(17)19)20(2)18(23)21(16)3/h6-10,22H,4-5,19H2,1-3H3. The summed E-state index contributed by atoms with van der Waals surface area (Å²) in [6.45, 7) is 2.55. The molecule has 0 atom stereocenters. The van der Waals surface area contributed by atoms with Gasteiger partial charge in [0.25, 0.3) is 0 Å². The molecule has 7 nitrogen and oxygen atoms in total. The molecule has 0 spiro atoms. The molecule has 3 N–H and O–H groups in total. The molecule has 0 fully saturated rings. The number of nitrogens with two attached hydrogens (primary N) is 1. The first-order valence-electron chi connectivity index (χ1n) is 8.00. The average Bonchev–Trinajstić information content (AvgIpc) is 2.77. The molecule has 0 radical (unpaired) electrons. The molecular formula is C18H21N3O4. The van der Waals surface area contributed by atoms with E-state index in [2.05, 4.69) is 0 Å². The lowest BCUT2D eigenvalue weighted by molar-refractivity contribution is 0.313. The highest BCUT2D eigenvalue weighted by Crippen LogP contribution is 2.35. The number of nitrogen functional groups attached to an aromatic ring is 1. The van der Waals surface area contributed by atoms with E-state index in [1.54, 1.807) is 32.3 Å². The van der Waals surface area contributed by atoms with Gasteiger partial charge >= 0.3 is 5.69 Å². The lowest BCUT2D eigenvalue weighted by Crippen LogP contribution is -2.19. The van der Waals surface area contributed by atoms with Crippen molar-refractivity contribution < 1.29 is 14.6 Å². The van der Waals surface area contributed by atoms with Crippen molar-refractivity contribution >= 4 is 16.7 Å². The minimum absolute atomic E-state index is 0.0374. The van der Waals surface area contributed by atoms with Crippen molar-refractivity contribution in [2.24, 2.45) is 14.1 Å². The number of rotatable bonds is 5. The number of hydrogen-bond donors (Lipinski definition) is 2. The molecule has 0 aliphatic carbocycles. The zero-order valence-corrected chi connectivity index (χ0v) is 14.4. The summed E-state index contributed by atoms with van der Waals surface area (Å²) in [5.74, 6) is 1.36. The molecule has 0 bridgehead atoms. The Morgan fingerprint density at radius 1 is 1.04 bits per heavy atom. The summed E-state index contributed by atoms with van der Waals surface area (Å²) >= 11 is 0. The normalized spacial score (nSPS) is 11.0. The Morgan fingerprint density at radius 3 is 2.36 bits per heavy atom. The number of nitrogens with zero attached hydrogens (tertiary/aromatic N) is 2. The van der Waals surface area contributed by atoms with E-state index in [4.69, 9.17) is 15.2 Å². The van der Waals surface area contributed by atoms with E-state index in [9.17, 15) is 9.90 Å². The van der Waals surface area contributed by atoms with Gasteiger partial charge in [-0.25, -0.2) is 4.79 Å². The fourth-order valence-electron chi connectivity index (χ4n) is 2.68. The highest BCUT2D eigenvalue weighted by atomic mass is 16.5. The molecule has 0 unspecified atom stereocenters. The fraction of sp³-hybridized carbons (Fsp3) is 0.278. The first-order valence-corrected chi connectivity index (χ1v) is 8.00. The van der Waals surface area contributed by atoms with Crippen LogP contribution in [0, 0.1) is 0 Å². The monoisotopic (exact) mass is 343 g/mol. The van der Waals surface area contributed by atoms with E-state index in [1.807, 2.05) is 6.92 Å². The molecule has 7 heteroatoms. The Labute approximate surface area is 144 Å². The van der Waals surface area contributed by atoms with Crippen LogP contribution in [0.25, 0.3) is 11.0 Å². The molecule has 0 saturated heterocycles. The van der Waals surface area contributed by atoms with Crippen LogP contribution in [0.2, 0.25) is 0 Å². The van der Waals surface area contributed by atoms with Gasteiger partial charge in [-0.2, -0.15) is 0 Å². The molecule has 0 aliphatic rings. The lowest BCUT2D eigenvalue weighted by atomic mass is 10.2. The van der Waals surface area contributed by atoms with Gasteiger partial charge in [0.2, 0.25) is 0 Å². The largest absolute Gasteiger partial charge is 0.508 e. The van der Waals surface area contributed by atoms with Crippen molar-refractivity contribution in [1.29, 1.82) is 0 Å². The van der Waals surface area contributed by atoms with Crippen molar-refractivity contribution in [2.75, 3.05) is 12.3 Å². The molecule has 1 aromatic heterocycles. The maximum atomic E-state index is 12.1. The molecule has 3 aromatic rings. The predicted octanol–water partition coefficient (Wildman–Crippen LogP) is 2.75. The Bertz CT molecular complexity index is 988. The number of phenolic OH excluding ortho intramolecular Hbond substituents is 1. The average molecular weight is 343 g/mol. The van der Waals surface area contributed by atoms with Gasteiger partial charge in [0.05, 0.1) is 23.3 Å². The topological polar surface area (TPSA) is 91.6 Å². The Balaban J connectivity index is 2.00. The van der Waals surface area contributed by atoms with Crippen LogP contribution in [0.4, 0.5) is 5.69 Å². The summed E-state index contributed by atoms with van der Waals surface area (Å²) in [7, 11) is 3.38. The van der Waals surface area contributed by atoms with E-state index in [1.165, 1.54) is 21.3 Å². The fourth-order valence-corrected chi connectivity index (χ4v) is 2.68. The van der Waals surface area contributed by atoms with E-state index < -0.39 is 0 Å². The van der Waals surface area contributed by atoms with Gasteiger partial charge in [-0.15, -0.1) is 0 Å². The van der Waals surface area contributed by atoms with Gasteiger partial charge < -0.3 is 20.3 Å². The number of phenols is 1. The minimum Gasteiger partial charge on any atom is -0.508 e. The highest BCUT2D eigenvalue weighted by Gasteiger charge is 2.13. The molecule has 2 aromatic carbocycles. The third-order valence-electron chi connectivity index (χ3n) is 3.97. The molecule has 1 heterocycles. The number of hydrogen-bond acceptors (Lipinski definition) is 5. The molecule has 132 valence electrons. The van der Waals surface area contributed by atoms with Crippen LogP contribution in [0.1, 0.15) is 13.3 Å². The van der Waals surface area contributed by atoms with Crippen LogP contribution < -0.4 is 20.9 Å². The summed E-state index contributed by atoms with van der Waals surface area (Å²) in [4.78, 5) is 12.1. The van der Waals surface area contributed by atoms with Crippen molar-refractivity contribution in [3.05, 3.63) is 40.8 Å². The molecule has 0 saturated carbocycles. The first-order chi connectivity index (χ1) is 11.9. The third-order valence-corrected chi connectivity index (χ3v) is 3.97. The van der Waals surface area contributed by atoms with E-state index in [-0.39, 0.29) is 11.4 Å². The highest BCUT2D eigenvalue weighted by molar-refractivity contribution is 5.83. The van der Waals surface area contributed by atoms with Crippen LogP contribution in [-0.4, -0.2) is 20.8 Å². The number of ether oxygens (including phenoxy) is 2. The second kappa shape index (κ2) is 6.43. The van der Waals surface area contributed by atoms with Gasteiger partial charge in [-0.3, -0.25) is 9.13 Å². The number of anilines is 1. The second-order valence-electron chi connectivity index (χ2n) is 5.89. The summed E-state index contributed by atoms with van der Waals surface area (Å²) in [6.07, 6.45) is 0.859. The van der Waals surface area contributed by atoms with E-state index in [0.717, 1.165) is 11.9 Å². The van der Waals surface area contributed by atoms with Gasteiger partial charge in [0, 0.05) is 38.4 Å².